The molecule has 2 atom stereocenters. The zero-order chi connectivity index (χ0) is 15.9. The third-order valence-electron chi connectivity index (χ3n) is 4.28. The second-order valence-corrected chi connectivity index (χ2v) is 7.80. The van der Waals surface area contributed by atoms with Crippen LogP contribution in [0.25, 0.3) is 0 Å². The van der Waals surface area contributed by atoms with Crippen molar-refractivity contribution >= 4 is 15.7 Å². The summed E-state index contributed by atoms with van der Waals surface area (Å²) in [4.78, 5) is 2.62. The molecule has 22 heavy (non-hydrogen) atoms. The monoisotopic (exact) mass is 316 g/mol. The van der Waals surface area contributed by atoms with E-state index in [-0.39, 0.29) is 10.8 Å². The molecule has 5 heteroatoms. The molecule has 1 aromatic rings. The highest BCUT2D eigenvalue weighted by molar-refractivity contribution is 7.89. The summed E-state index contributed by atoms with van der Waals surface area (Å²) in [6.07, 6.45) is 5.12. The third-order valence-corrected chi connectivity index (χ3v) is 5.50. The van der Waals surface area contributed by atoms with E-state index < -0.39 is 10.0 Å². The predicted octanol–water partition coefficient (Wildman–Crippen LogP) is 3.17. The minimum absolute atomic E-state index is 0.163. The van der Waals surface area contributed by atoms with Gasteiger partial charge in [0.25, 0.3) is 10.0 Å². The van der Waals surface area contributed by atoms with Gasteiger partial charge in [0.2, 0.25) is 0 Å². The van der Waals surface area contributed by atoms with Crippen molar-refractivity contribution in [1.29, 1.82) is 0 Å². The predicted molar refractivity (Wildman–Crippen MR) is 88.0 cm³/mol. The summed E-state index contributed by atoms with van der Waals surface area (Å²) in [6.45, 7) is 6.12. The number of nitrogens with one attached hydrogen (secondary N) is 1. The molecule has 0 saturated heterocycles. The number of aryl methyl sites for hydroxylation is 1. The molecular formula is C17H20N2O2S. The molecule has 3 rings (SSSR count). The van der Waals surface area contributed by atoms with E-state index in [1.54, 1.807) is 24.3 Å². The quantitative estimate of drug-likeness (QED) is 0.688. The standard InChI is InChI=1S/C17H20N2O2S/c1-11(2)17-13-6-9-15(17)16(10-13)18-19-22(20,21)14-7-4-12(3)5-8-14/h4-9,13,15,19H,10H2,1-3H3/b18-16-. The van der Waals surface area contributed by atoms with Gasteiger partial charge in [0.1, 0.15) is 0 Å². The van der Waals surface area contributed by atoms with Gasteiger partial charge in [-0.3, -0.25) is 0 Å². The number of hydrogen-bond acceptors (Lipinski definition) is 3. The smallest absolute Gasteiger partial charge is 0.200 e. The Kier molecular flexibility index (Phi) is 3.68. The van der Waals surface area contributed by atoms with Crippen molar-refractivity contribution in [1.82, 2.24) is 4.83 Å². The van der Waals surface area contributed by atoms with E-state index in [9.17, 15) is 8.42 Å². The number of hydrogen-bond donors (Lipinski definition) is 1. The van der Waals surface area contributed by atoms with Gasteiger partial charge in [-0.1, -0.05) is 41.0 Å². The molecular weight excluding hydrogens is 296 g/mol. The molecule has 1 saturated carbocycles. The van der Waals surface area contributed by atoms with Gasteiger partial charge in [0.15, 0.2) is 0 Å². The Bertz CT molecular complexity index is 782. The lowest BCUT2D eigenvalue weighted by Gasteiger charge is -2.09. The molecule has 116 valence electrons. The van der Waals surface area contributed by atoms with Crippen LogP contribution in [0.1, 0.15) is 25.8 Å². The topological polar surface area (TPSA) is 58.5 Å². The lowest BCUT2D eigenvalue weighted by molar-refractivity contribution is 0.584. The fourth-order valence-electron chi connectivity index (χ4n) is 3.19. The van der Waals surface area contributed by atoms with E-state index in [4.69, 9.17) is 0 Å². The number of allylic oxidation sites excluding steroid dienone is 4. The van der Waals surface area contributed by atoms with Gasteiger partial charge in [0.05, 0.1) is 10.6 Å². The van der Waals surface area contributed by atoms with Gasteiger partial charge in [-0.25, -0.2) is 4.83 Å². The number of nitrogens with zero attached hydrogens (tertiary/aromatic N) is 1. The van der Waals surface area contributed by atoms with Crippen molar-refractivity contribution in [2.45, 2.75) is 32.1 Å². The molecule has 2 unspecified atom stereocenters. The van der Waals surface area contributed by atoms with E-state index in [0.717, 1.165) is 17.7 Å². The van der Waals surface area contributed by atoms with Crippen molar-refractivity contribution in [2.75, 3.05) is 0 Å². The van der Waals surface area contributed by atoms with Crippen LogP contribution in [-0.2, 0) is 10.0 Å². The first kappa shape index (κ1) is 15.0. The lowest BCUT2D eigenvalue weighted by atomic mass is 10.00. The second kappa shape index (κ2) is 5.39. The van der Waals surface area contributed by atoms with Gasteiger partial charge >= 0.3 is 0 Å². The van der Waals surface area contributed by atoms with Crippen LogP contribution in [0, 0.1) is 18.8 Å². The van der Waals surface area contributed by atoms with Crippen molar-refractivity contribution in [3.8, 4) is 0 Å². The van der Waals surface area contributed by atoms with Gasteiger partial charge in [-0.05, 0) is 39.3 Å². The van der Waals surface area contributed by atoms with Crippen LogP contribution in [-0.4, -0.2) is 14.1 Å². The molecule has 1 fully saturated rings. The van der Waals surface area contributed by atoms with Crippen LogP contribution in [0.2, 0.25) is 0 Å². The minimum Gasteiger partial charge on any atom is -0.200 e. The normalized spacial score (nSPS) is 25.0. The number of sulfonamides is 1. The Morgan fingerprint density at radius 1 is 1.18 bits per heavy atom. The highest BCUT2D eigenvalue weighted by Gasteiger charge is 2.38. The molecule has 4 nitrogen and oxygen atoms in total. The zero-order valence-corrected chi connectivity index (χ0v) is 13.8. The van der Waals surface area contributed by atoms with Crippen molar-refractivity contribution in [3.05, 3.63) is 53.1 Å². The molecule has 2 aliphatic rings. The van der Waals surface area contributed by atoms with E-state index in [2.05, 4.69) is 35.9 Å². The Labute approximate surface area is 131 Å². The lowest BCUT2D eigenvalue weighted by Crippen LogP contribution is -2.21. The Balaban J connectivity index is 1.82. The van der Waals surface area contributed by atoms with Crippen LogP contribution in [0.15, 0.2) is 57.6 Å². The molecule has 0 radical (unpaired) electrons. The van der Waals surface area contributed by atoms with Crippen LogP contribution in [0.4, 0.5) is 0 Å². The maximum Gasteiger partial charge on any atom is 0.276 e. The fraction of sp³-hybridized carbons (Fsp3) is 0.353. The Hall–Kier alpha value is -1.88. The molecule has 2 bridgehead atoms. The van der Waals surface area contributed by atoms with Gasteiger partial charge < -0.3 is 0 Å². The van der Waals surface area contributed by atoms with Crippen LogP contribution < -0.4 is 4.83 Å². The summed E-state index contributed by atoms with van der Waals surface area (Å²) in [5.74, 6) is 0.549. The first-order chi connectivity index (χ1) is 10.4. The van der Waals surface area contributed by atoms with Crippen molar-refractivity contribution in [3.63, 3.8) is 0 Å². The molecule has 0 aliphatic heterocycles. The summed E-state index contributed by atoms with van der Waals surface area (Å²) in [6, 6.07) is 6.76. The van der Waals surface area contributed by atoms with E-state index in [1.807, 2.05) is 6.92 Å². The number of fused-ring (bicyclic) bond motifs is 2. The maximum atomic E-state index is 12.3. The van der Waals surface area contributed by atoms with E-state index in [1.165, 1.54) is 11.1 Å². The average Bonchev–Trinajstić information content (AvgIpc) is 3.03. The summed E-state index contributed by atoms with van der Waals surface area (Å²) >= 11 is 0. The van der Waals surface area contributed by atoms with Crippen molar-refractivity contribution < 1.29 is 8.42 Å². The van der Waals surface area contributed by atoms with Crippen LogP contribution in [0.3, 0.4) is 0 Å². The first-order valence-corrected chi connectivity index (χ1v) is 8.87. The van der Waals surface area contributed by atoms with E-state index >= 15 is 0 Å². The summed E-state index contributed by atoms with van der Waals surface area (Å²) in [5.41, 5.74) is 4.59. The first-order valence-electron chi connectivity index (χ1n) is 7.39. The molecule has 2 aliphatic carbocycles. The van der Waals surface area contributed by atoms with Gasteiger partial charge in [-0.2, -0.15) is 13.5 Å². The summed E-state index contributed by atoms with van der Waals surface area (Å²) < 4.78 is 24.5. The number of benzene rings is 1. The fourth-order valence-corrected chi connectivity index (χ4v) is 4.03. The van der Waals surface area contributed by atoms with Gasteiger partial charge in [-0.15, -0.1) is 0 Å². The van der Waals surface area contributed by atoms with Crippen molar-refractivity contribution in [2.24, 2.45) is 16.9 Å². The molecule has 0 aromatic heterocycles. The second-order valence-electron chi connectivity index (χ2n) is 6.14. The minimum atomic E-state index is -3.60. The van der Waals surface area contributed by atoms with Gasteiger partial charge in [0, 0.05) is 11.8 Å². The van der Waals surface area contributed by atoms with E-state index in [0.29, 0.717) is 5.92 Å². The summed E-state index contributed by atoms with van der Waals surface area (Å²) in [5, 5.41) is 4.20. The molecule has 0 spiro atoms. The van der Waals surface area contributed by atoms with Crippen LogP contribution in [0.5, 0.6) is 0 Å². The number of hydrazone groups is 1. The largest absolute Gasteiger partial charge is 0.276 e. The maximum absolute atomic E-state index is 12.3. The average molecular weight is 316 g/mol. The molecule has 0 heterocycles. The molecule has 0 amide bonds. The highest BCUT2D eigenvalue weighted by Crippen LogP contribution is 2.43. The Morgan fingerprint density at radius 2 is 1.86 bits per heavy atom. The zero-order valence-electron chi connectivity index (χ0n) is 13.0. The molecule has 1 N–H and O–H groups in total. The third kappa shape index (κ3) is 2.61. The molecule has 1 aromatic carbocycles. The Morgan fingerprint density at radius 3 is 2.45 bits per heavy atom. The van der Waals surface area contributed by atoms with Crippen LogP contribution >= 0.6 is 0 Å². The SMILES string of the molecule is CC(C)=C1C2C=CC1/C(=N\NS(=O)(=O)c1ccc(C)cc1)C2. The summed E-state index contributed by atoms with van der Waals surface area (Å²) in [7, 11) is -3.60. The number of rotatable bonds is 3. The highest BCUT2D eigenvalue weighted by atomic mass is 32.2.